The van der Waals surface area contributed by atoms with Gasteiger partial charge < -0.3 is 14.5 Å². The van der Waals surface area contributed by atoms with Gasteiger partial charge in [0.05, 0.1) is 0 Å². The summed E-state index contributed by atoms with van der Waals surface area (Å²) in [6, 6.07) is 1.47. The van der Waals surface area contributed by atoms with Gasteiger partial charge in [0.1, 0.15) is 11.4 Å². The predicted octanol–water partition coefficient (Wildman–Crippen LogP) is 1.44. The zero-order valence-electron chi connectivity index (χ0n) is 12.9. The highest BCUT2D eigenvalue weighted by atomic mass is 16.2. The number of amides is 1. The summed E-state index contributed by atoms with van der Waals surface area (Å²) < 4.78 is 2.00. The summed E-state index contributed by atoms with van der Waals surface area (Å²) in [5.41, 5.74) is 0.748. The van der Waals surface area contributed by atoms with Gasteiger partial charge in [-0.1, -0.05) is 0 Å². The summed E-state index contributed by atoms with van der Waals surface area (Å²) >= 11 is 0. The summed E-state index contributed by atoms with van der Waals surface area (Å²) in [5, 5.41) is 0. The third kappa shape index (κ3) is 2.68. The lowest BCUT2D eigenvalue weighted by atomic mass is 9.96. The molecular formula is C16H20N4O2. The van der Waals surface area contributed by atoms with Crippen LogP contribution in [0, 0.1) is 6.92 Å². The second-order valence-electron chi connectivity index (χ2n) is 5.88. The molecule has 6 heteroatoms. The van der Waals surface area contributed by atoms with Crippen molar-refractivity contribution < 1.29 is 4.79 Å². The smallest absolute Gasteiger partial charge is 0.259 e. The molecule has 0 bridgehead atoms. The fourth-order valence-corrected chi connectivity index (χ4v) is 3.05. The molecule has 22 heavy (non-hydrogen) atoms. The number of imidazole rings is 1. The molecule has 1 atom stereocenters. The van der Waals surface area contributed by atoms with Crippen molar-refractivity contribution in [2.75, 3.05) is 13.1 Å². The van der Waals surface area contributed by atoms with Crippen molar-refractivity contribution in [3.05, 3.63) is 52.0 Å². The Morgan fingerprint density at radius 3 is 2.95 bits per heavy atom. The van der Waals surface area contributed by atoms with E-state index in [2.05, 4.69) is 9.97 Å². The quantitative estimate of drug-likeness (QED) is 0.912. The van der Waals surface area contributed by atoms with Crippen LogP contribution in [0.15, 0.2) is 29.5 Å². The molecule has 0 radical (unpaired) electrons. The van der Waals surface area contributed by atoms with Gasteiger partial charge >= 0.3 is 0 Å². The van der Waals surface area contributed by atoms with E-state index in [0.29, 0.717) is 13.1 Å². The van der Waals surface area contributed by atoms with E-state index in [-0.39, 0.29) is 22.8 Å². The number of aromatic amines is 1. The van der Waals surface area contributed by atoms with Crippen LogP contribution in [-0.2, 0) is 7.05 Å². The number of pyridine rings is 1. The number of likely N-dealkylation sites (tertiary alicyclic amines) is 1. The normalized spacial score (nSPS) is 18.5. The number of rotatable bonds is 2. The molecule has 1 fully saturated rings. The van der Waals surface area contributed by atoms with Crippen LogP contribution >= 0.6 is 0 Å². The van der Waals surface area contributed by atoms with Gasteiger partial charge in [-0.15, -0.1) is 0 Å². The number of aryl methyl sites for hydroxylation is 2. The molecule has 0 saturated carbocycles. The Bertz CT molecular complexity index is 747. The Hall–Kier alpha value is -2.37. The SMILES string of the molecule is Cc1cc(=O)c(C(=O)N2CCC[C@H](c3nccn3C)C2)c[nH]1. The zero-order valence-corrected chi connectivity index (χ0v) is 12.9. The predicted molar refractivity (Wildman–Crippen MR) is 82.9 cm³/mol. The Kier molecular flexibility index (Phi) is 3.83. The molecule has 3 rings (SSSR count). The third-order valence-corrected chi connectivity index (χ3v) is 4.22. The second kappa shape index (κ2) is 5.79. The Morgan fingerprint density at radius 1 is 1.45 bits per heavy atom. The lowest BCUT2D eigenvalue weighted by Crippen LogP contribution is -2.41. The first-order chi connectivity index (χ1) is 10.6. The number of aromatic nitrogens is 3. The van der Waals surface area contributed by atoms with Gasteiger partial charge in [0, 0.05) is 56.4 Å². The van der Waals surface area contributed by atoms with Crippen LogP contribution in [0.3, 0.4) is 0 Å². The highest BCUT2D eigenvalue weighted by Gasteiger charge is 2.28. The number of nitrogens with zero attached hydrogens (tertiary/aromatic N) is 3. The number of hydrogen-bond acceptors (Lipinski definition) is 3. The molecule has 116 valence electrons. The molecule has 1 amide bonds. The van der Waals surface area contributed by atoms with Crippen LogP contribution in [-0.4, -0.2) is 38.4 Å². The van der Waals surface area contributed by atoms with Crippen molar-refractivity contribution in [1.82, 2.24) is 19.4 Å². The molecule has 0 spiro atoms. The van der Waals surface area contributed by atoms with E-state index in [1.165, 1.54) is 12.3 Å². The first kappa shape index (κ1) is 14.6. The van der Waals surface area contributed by atoms with Crippen LogP contribution in [0.1, 0.15) is 40.6 Å². The summed E-state index contributed by atoms with van der Waals surface area (Å²) in [4.78, 5) is 33.7. The van der Waals surface area contributed by atoms with E-state index in [9.17, 15) is 9.59 Å². The standard InChI is InChI=1S/C16H20N4O2/c1-11-8-14(21)13(9-18-11)16(22)20-6-3-4-12(10-20)15-17-5-7-19(15)2/h5,7-9,12H,3-4,6,10H2,1-2H3,(H,18,21)/t12-/m0/s1. The maximum Gasteiger partial charge on any atom is 0.259 e. The minimum atomic E-state index is -0.222. The van der Waals surface area contributed by atoms with Crippen molar-refractivity contribution in [3.8, 4) is 0 Å². The molecule has 3 heterocycles. The fraction of sp³-hybridized carbons (Fsp3) is 0.438. The van der Waals surface area contributed by atoms with Gasteiger partial charge in [0.15, 0.2) is 5.43 Å². The van der Waals surface area contributed by atoms with Gasteiger partial charge in [-0.3, -0.25) is 9.59 Å². The molecule has 1 aliphatic heterocycles. The third-order valence-electron chi connectivity index (χ3n) is 4.22. The molecular weight excluding hydrogens is 280 g/mol. The first-order valence-corrected chi connectivity index (χ1v) is 7.52. The molecule has 2 aromatic heterocycles. The average Bonchev–Trinajstić information content (AvgIpc) is 2.93. The van der Waals surface area contributed by atoms with Gasteiger partial charge in [-0.05, 0) is 19.8 Å². The molecule has 1 N–H and O–H groups in total. The Morgan fingerprint density at radius 2 is 2.27 bits per heavy atom. The van der Waals surface area contributed by atoms with Crippen molar-refractivity contribution in [1.29, 1.82) is 0 Å². The van der Waals surface area contributed by atoms with Crippen LogP contribution in [0.25, 0.3) is 0 Å². The summed E-state index contributed by atoms with van der Waals surface area (Å²) in [5.74, 6) is 1.03. The molecule has 1 saturated heterocycles. The van der Waals surface area contributed by atoms with Gasteiger partial charge in [-0.2, -0.15) is 0 Å². The van der Waals surface area contributed by atoms with Crippen molar-refractivity contribution in [2.45, 2.75) is 25.7 Å². The first-order valence-electron chi connectivity index (χ1n) is 7.52. The van der Waals surface area contributed by atoms with Gasteiger partial charge in [-0.25, -0.2) is 4.98 Å². The van der Waals surface area contributed by atoms with Gasteiger partial charge in [0.2, 0.25) is 0 Å². The summed E-state index contributed by atoms with van der Waals surface area (Å²) in [6.07, 6.45) is 7.15. The maximum atomic E-state index is 12.6. The van der Waals surface area contributed by atoms with Crippen LogP contribution in [0.4, 0.5) is 0 Å². The minimum absolute atomic E-state index is 0.194. The van der Waals surface area contributed by atoms with E-state index >= 15 is 0 Å². The number of hydrogen-bond donors (Lipinski definition) is 1. The number of piperidine rings is 1. The lowest BCUT2D eigenvalue weighted by molar-refractivity contribution is 0.0702. The minimum Gasteiger partial charge on any atom is -0.364 e. The largest absolute Gasteiger partial charge is 0.364 e. The monoisotopic (exact) mass is 300 g/mol. The van der Waals surface area contributed by atoms with Crippen LogP contribution < -0.4 is 5.43 Å². The van der Waals surface area contributed by atoms with E-state index in [1.807, 2.05) is 17.8 Å². The molecule has 6 nitrogen and oxygen atoms in total. The highest BCUT2D eigenvalue weighted by molar-refractivity contribution is 5.93. The average molecular weight is 300 g/mol. The summed E-state index contributed by atoms with van der Waals surface area (Å²) in [7, 11) is 1.97. The maximum absolute atomic E-state index is 12.6. The number of nitrogens with one attached hydrogen (secondary N) is 1. The summed E-state index contributed by atoms with van der Waals surface area (Å²) in [6.45, 7) is 3.09. The second-order valence-corrected chi connectivity index (χ2v) is 5.88. The Balaban J connectivity index is 1.81. The number of carbonyl (C=O) groups is 1. The number of H-pyrrole nitrogens is 1. The van der Waals surface area contributed by atoms with E-state index in [4.69, 9.17) is 0 Å². The number of carbonyl (C=O) groups excluding carboxylic acids is 1. The lowest BCUT2D eigenvalue weighted by Gasteiger charge is -2.32. The van der Waals surface area contributed by atoms with E-state index in [1.54, 1.807) is 18.0 Å². The van der Waals surface area contributed by atoms with Crippen molar-refractivity contribution in [3.63, 3.8) is 0 Å². The molecule has 0 aromatic carbocycles. The van der Waals surface area contributed by atoms with Crippen LogP contribution in [0.5, 0.6) is 0 Å². The molecule has 0 aliphatic carbocycles. The Labute approximate surface area is 128 Å². The fourth-order valence-electron chi connectivity index (χ4n) is 3.05. The topological polar surface area (TPSA) is 71.0 Å². The van der Waals surface area contributed by atoms with Crippen LogP contribution in [0.2, 0.25) is 0 Å². The molecule has 1 aliphatic rings. The zero-order chi connectivity index (χ0) is 15.7. The molecule has 2 aromatic rings. The van der Waals surface area contributed by atoms with Crippen molar-refractivity contribution in [2.24, 2.45) is 7.05 Å². The van der Waals surface area contributed by atoms with Gasteiger partial charge in [0.25, 0.3) is 5.91 Å². The molecule has 0 unspecified atom stereocenters. The van der Waals surface area contributed by atoms with E-state index in [0.717, 1.165) is 24.4 Å². The van der Waals surface area contributed by atoms with E-state index < -0.39 is 0 Å². The highest BCUT2D eigenvalue weighted by Crippen LogP contribution is 2.26. The van der Waals surface area contributed by atoms with Crippen molar-refractivity contribution >= 4 is 5.91 Å².